The topological polar surface area (TPSA) is 90.1 Å². The summed E-state index contributed by atoms with van der Waals surface area (Å²) in [7, 11) is 0. The number of nitrogens with zero attached hydrogens (tertiary/aromatic N) is 3. The predicted octanol–water partition coefficient (Wildman–Crippen LogP) is 3.96. The van der Waals surface area contributed by atoms with Crippen LogP contribution in [0.5, 0.6) is 0 Å². The average Bonchev–Trinajstić information content (AvgIpc) is 3.38. The Labute approximate surface area is 162 Å². The number of amides is 1. The Bertz CT molecular complexity index is 1080. The SMILES string of the molecule is Cc1ccc(-c2cc(C(=O)NC3CC3)n(-c3cccc([N+](=O)[O-])c3)n2)cc1C. The van der Waals surface area contributed by atoms with Crippen molar-refractivity contribution in [3.8, 4) is 16.9 Å². The maximum atomic E-state index is 12.8. The second-order valence-corrected chi connectivity index (χ2v) is 7.15. The van der Waals surface area contributed by atoms with Crippen LogP contribution >= 0.6 is 0 Å². The third-order valence-electron chi connectivity index (χ3n) is 4.94. The van der Waals surface area contributed by atoms with E-state index >= 15 is 0 Å². The summed E-state index contributed by atoms with van der Waals surface area (Å²) >= 11 is 0. The summed E-state index contributed by atoms with van der Waals surface area (Å²) in [6.07, 6.45) is 1.95. The molecular weight excluding hydrogens is 356 g/mol. The number of nitro benzene ring substituents is 1. The van der Waals surface area contributed by atoms with Crippen LogP contribution < -0.4 is 5.32 Å². The molecule has 7 nitrogen and oxygen atoms in total. The zero-order valence-electron chi connectivity index (χ0n) is 15.7. The highest BCUT2D eigenvalue weighted by molar-refractivity contribution is 5.94. The van der Waals surface area contributed by atoms with Crippen LogP contribution in [-0.4, -0.2) is 26.7 Å². The van der Waals surface area contributed by atoms with Crippen LogP contribution in [0.25, 0.3) is 16.9 Å². The molecule has 3 aromatic rings. The summed E-state index contributed by atoms with van der Waals surface area (Å²) < 4.78 is 1.48. The summed E-state index contributed by atoms with van der Waals surface area (Å²) in [5, 5.41) is 18.7. The van der Waals surface area contributed by atoms with Gasteiger partial charge in [0.2, 0.25) is 0 Å². The molecular formula is C21H20N4O3. The molecule has 0 atom stereocenters. The summed E-state index contributed by atoms with van der Waals surface area (Å²) in [6, 6.07) is 14.1. The molecule has 0 radical (unpaired) electrons. The molecule has 1 N–H and O–H groups in total. The molecule has 142 valence electrons. The minimum absolute atomic E-state index is 0.0470. The third-order valence-corrected chi connectivity index (χ3v) is 4.94. The second-order valence-electron chi connectivity index (χ2n) is 7.15. The molecule has 2 aromatic carbocycles. The van der Waals surface area contributed by atoms with Crippen molar-refractivity contribution in [2.75, 3.05) is 0 Å². The average molecular weight is 376 g/mol. The van der Waals surface area contributed by atoms with Crippen molar-refractivity contribution in [3.63, 3.8) is 0 Å². The van der Waals surface area contributed by atoms with Crippen molar-refractivity contribution in [2.45, 2.75) is 32.7 Å². The fourth-order valence-corrected chi connectivity index (χ4v) is 3.01. The van der Waals surface area contributed by atoms with Crippen molar-refractivity contribution in [1.82, 2.24) is 15.1 Å². The molecule has 7 heteroatoms. The first-order chi connectivity index (χ1) is 13.4. The van der Waals surface area contributed by atoms with Crippen LogP contribution in [0.3, 0.4) is 0 Å². The van der Waals surface area contributed by atoms with Crippen LogP contribution in [0.15, 0.2) is 48.5 Å². The van der Waals surface area contributed by atoms with E-state index in [0.717, 1.165) is 24.0 Å². The Hall–Kier alpha value is -3.48. The predicted molar refractivity (Wildman–Crippen MR) is 106 cm³/mol. The van der Waals surface area contributed by atoms with E-state index in [1.54, 1.807) is 18.2 Å². The first kappa shape index (κ1) is 17.9. The smallest absolute Gasteiger partial charge is 0.271 e. The van der Waals surface area contributed by atoms with Gasteiger partial charge in [-0.2, -0.15) is 5.10 Å². The molecule has 1 heterocycles. The van der Waals surface area contributed by atoms with Crippen molar-refractivity contribution in [2.24, 2.45) is 0 Å². The van der Waals surface area contributed by atoms with Crippen LogP contribution in [0.4, 0.5) is 5.69 Å². The highest BCUT2D eigenvalue weighted by Gasteiger charge is 2.26. The zero-order chi connectivity index (χ0) is 19.8. The molecule has 0 aliphatic heterocycles. The Morgan fingerprint density at radius 3 is 2.61 bits per heavy atom. The number of aryl methyl sites for hydroxylation is 2. The zero-order valence-corrected chi connectivity index (χ0v) is 15.7. The minimum atomic E-state index is -0.457. The number of hydrogen-bond acceptors (Lipinski definition) is 4. The lowest BCUT2D eigenvalue weighted by atomic mass is 10.0. The standard InChI is InChI=1S/C21H20N4O3/c1-13-6-7-15(10-14(13)2)19-12-20(21(26)22-16-8-9-16)24(23-19)17-4-3-5-18(11-17)25(27)28/h3-7,10-12,16H,8-9H2,1-2H3,(H,22,26). The molecule has 1 fully saturated rings. The van der Waals surface area contributed by atoms with Gasteiger partial charge in [0, 0.05) is 23.7 Å². The number of nitro groups is 1. The molecule has 0 saturated heterocycles. The number of aromatic nitrogens is 2. The molecule has 4 rings (SSSR count). The molecule has 1 saturated carbocycles. The summed E-state index contributed by atoms with van der Waals surface area (Å²) in [6.45, 7) is 4.06. The van der Waals surface area contributed by atoms with Gasteiger partial charge in [0.05, 0.1) is 16.3 Å². The van der Waals surface area contributed by atoms with Crippen LogP contribution in [-0.2, 0) is 0 Å². The van der Waals surface area contributed by atoms with Crippen LogP contribution in [0.1, 0.15) is 34.5 Å². The van der Waals surface area contributed by atoms with Crippen molar-refractivity contribution < 1.29 is 9.72 Å². The molecule has 0 unspecified atom stereocenters. The van der Waals surface area contributed by atoms with Gasteiger partial charge in [0.1, 0.15) is 5.69 Å². The lowest BCUT2D eigenvalue weighted by molar-refractivity contribution is -0.384. The largest absolute Gasteiger partial charge is 0.348 e. The van der Waals surface area contributed by atoms with Gasteiger partial charge in [-0.3, -0.25) is 14.9 Å². The normalized spacial score (nSPS) is 13.4. The van der Waals surface area contributed by atoms with E-state index in [0.29, 0.717) is 17.1 Å². The maximum absolute atomic E-state index is 12.8. The van der Waals surface area contributed by atoms with E-state index in [-0.39, 0.29) is 17.6 Å². The van der Waals surface area contributed by atoms with Gasteiger partial charge in [-0.25, -0.2) is 4.68 Å². The van der Waals surface area contributed by atoms with Crippen LogP contribution in [0.2, 0.25) is 0 Å². The Morgan fingerprint density at radius 2 is 1.93 bits per heavy atom. The lowest BCUT2D eigenvalue weighted by Gasteiger charge is -2.07. The van der Waals surface area contributed by atoms with E-state index in [2.05, 4.69) is 10.4 Å². The van der Waals surface area contributed by atoms with Gasteiger partial charge in [0.25, 0.3) is 11.6 Å². The number of benzene rings is 2. The summed E-state index contributed by atoms with van der Waals surface area (Å²) in [5.74, 6) is -0.225. The highest BCUT2D eigenvalue weighted by atomic mass is 16.6. The van der Waals surface area contributed by atoms with Crippen LogP contribution in [0, 0.1) is 24.0 Å². The first-order valence-electron chi connectivity index (χ1n) is 9.16. The molecule has 1 aromatic heterocycles. The fourth-order valence-electron chi connectivity index (χ4n) is 3.01. The number of non-ortho nitro benzene ring substituents is 1. The first-order valence-corrected chi connectivity index (χ1v) is 9.16. The van der Waals surface area contributed by atoms with E-state index in [9.17, 15) is 14.9 Å². The lowest BCUT2D eigenvalue weighted by Crippen LogP contribution is -2.27. The Kier molecular flexibility index (Phi) is 4.43. The second kappa shape index (κ2) is 6.92. The number of nitrogens with one attached hydrogen (secondary N) is 1. The molecule has 0 bridgehead atoms. The molecule has 1 aliphatic rings. The van der Waals surface area contributed by atoms with Gasteiger partial charge in [-0.05, 0) is 56.0 Å². The molecule has 28 heavy (non-hydrogen) atoms. The molecule has 0 spiro atoms. The van der Waals surface area contributed by atoms with Crippen molar-refractivity contribution in [1.29, 1.82) is 0 Å². The van der Waals surface area contributed by atoms with Gasteiger partial charge in [-0.15, -0.1) is 0 Å². The summed E-state index contributed by atoms with van der Waals surface area (Å²) in [4.78, 5) is 23.5. The van der Waals surface area contributed by atoms with Gasteiger partial charge in [-0.1, -0.05) is 18.2 Å². The molecule has 1 amide bonds. The van der Waals surface area contributed by atoms with E-state index in [4.69, 9.17) is 0 Å². The monoisotopic (exact) mass is 376 g/mol. The Morgan fingerprint density at radius 1 is 1.14 bits per heavy atom. The number of carbonyl (C=O) groups excluding carboxylic acids is 1. The Balaban J connectivity index is 1.82. The van der Waals surface area contributed by atoms with Gasteiger partial charge in [0.15, 0.2) is 0 Å². The highest BCUT2D eigenvalue weighted by Crippen LogP contribution is 2.26. The number of hydrogen-bond donors (Lipinski definition) is 1. The van der Waals surface area contributed by atoms with E-state index in [1.807, 2.05) is 32.0 Å². The van der Waals surface area contributed by atoms with Gasteiger partial charge >= 0.3 is 0 Å². The third kappa shape index (κ3) is 3.51. The summed E-state index contributed by atoms with van der Waals surface area (Å²) in [5.41, 5.74) is 4.64. The number of rotatable bonds is 5. The molecule has 1 aliphatic carbocycles. The maximum Gasteiger partial charge on any atom is 0.271 e. The number of carbonyl (C=O) groups is 1. The fraction of sp³-hybridized carbons (Fsp3) is 0.238. The van der Waals surface area contributed by atoms with E-state index in [1.165, 1.54) is 22.4 Å². The van der Waals surface area contributed by atoms with Crippen molar-refractivity contribution >= 4 is 11.6 Å². The van der Waals surface area contributed by atoms with Crippen molar-refractivity contribution in [3.05, 3.63) is 75.5 Å². The minimum Gasteiger partial charge on any atom is -0.348 e. The quantitative estimate of drug-likeness (QED) is 0.539. The van der Waals surface area contributed by atoms with E-state index < -0.39 is 4.92 Å². The van der Waals surface area contributed by atoms with Gasteiger partial charge < -0.3 is 5.32 Å².